The molecule has 2 N–H and O–H groups in total. The van der Waals surface area contributed by atoms with Crippen LogP contribution < -0.4 is 10.6 Å². The summed E-state index contributed by atoms with van der Waals surface area (Å²) in [6.07, 6.45) is 0. The molecule has 0 saturated carbocycles. The number of benzene rings is 1. The summed E-state index contributed by atoms with van der Waals surface area (Å²) < 4.78 is 0. The monoisotopic (exact) mass is 233 g/mol. The number of aromatic nitrogens is 1. The van der Waals surface area contributed by atoms with Crippen molar-refractivity contribution in [3.05, 3.63) is 35.3 Å². The molecule has 0 aliphatic rings. The molecule has 0 amide bonds. The summed E-state index contributed by atoms with van der Waals surface area (Å²) in [4.78, 5) is 6.53. The van der Waals surface area contributed by atoms with Gasteiger partial charge in [0.05, 0.1) is 5.69 Å². The zero-order chi connectivity index (χ0) is 11.5. The van der Waals surface area contributed by atoms with E-state index in [9.17, 15) is 0 Å². The standard InChI is InChI=1S/C12H15N3S/c1-15(2)11-5-3-9(4-6-11)12-14-10(7-13)8-16-12/h3-6,8H,7,13H2,1-2H3. The molecule has 0 spiro atoms. The Morgan fingerprint density at radius 1 is 1.25 bits per heavy atom. The molecule has 0 bridgehead atoms. The van der Waals surface area contributed by atoms with Crippen molar-refractivity contribution >= 4 is 17.0 Å². The lowest BCUT2D eigenvalue weighted by Crippen LogP contribution is -2.07. The third kappa shape index (κ3) is 2.23. The topological polar surface area (TPSA) is 42.2 Å². The van der Waals surface area contributed by atoms with Gasteiger partial charge in [0, 0.05) is 37.3 Å². The predicted octanol–water partition coefficient (Wildman–Crippen LogP) is 2.33. The highest BCUT2D eigenvalue weighted by Gasteiger charge is 2.03. The first kappa shape index (κ1) is 11.1. The minimum absolute atomic E-state index is 0.506. The number of hydrogen-bond acceptors (Lipinski definition) is 4. The molecular formula is C12H15N3S. The van der Waals surface area contributed by atoms with Crippen molar-refractivity contribution < 1.29 is 0 Å². The molecule has 2 aromatic rings. The van der Waals surface area contributed by atoms with Gasteiger partial charge in [-0.2, -0.15) is 0 Å². The number of rotatable bonds is 3. The lowest BCUT2D eigenvalue weighted by atomic mass is 10.2. The van der Waals surface area contributed by atoms with Crippen molar-refractivity contribution in [1.82, 2.24) is 4.98 Å². The van der Waals surface area contributed by atoms with Crippen LogP contribution in [0.15, 0.2) is 29.6 Å². The Balaban J connectivity index is 2.27. The van der Waals surface area contributed by atoms with Gasteiger partial charge in [-0.1, -0.05) is 0 Å². The Labute approximate surface area is 99.5 Å². The maximum Gasteiger partial charge on any atom is 0.123 e. The summed E-state index contributed by atoms with van der Waals surface area (Å²) in [5.74, 6) is 0. The molecular weight excluding hydrogens is 218 g/mol. The van der Waals surface area contributed by atoms with E-state index in [0.717, 1.165) is 16.3 Å². The molecule has 4 heteroatoms. The Hall–Kier alpha value is -1.39. The van der Waals surface area contributed by atoms with Crippen molar-refractivity contribution in [2.24, 2.45) is 5.73 Å². The van der Waals surface area contributed by atoms with Crippen molar-refractivity contribution in [3.8, 4) is 10.6 Å². The minimum atomic E-state index is 0.506. The van der Waals surface area contributed by atoms with E-state index in [1.165, 1.54) is 5.69 Å². The van der Waals surface area contributed by atoms with E-state index in [1.807, 2.05) is 19.5 Å². The van der Waals surface area contributed by atoms with Crippen molar-refractivity contribution in [2.75, 3.05) is 19.0 Å². The third-order valence-corrected chi connectivity index (χ3v) is 3.33. The molecule has 1 aromatic heterocycles. The first-order valence-corrected chi connectivity index (χ1v) is 6.01. The zero-order valence-electron chi connectivity index (χ0n) is 9.47. The minimum Gasteiger partial charge on any atom is -0.378 e. The molecule has 0 aliphatic heterocycles. The van der Waals surface area contributed by atoms with Gasteiger partial charge in [0.1, 0.15) is 5.01 Å². The number of thiazole rings is 1. The van der Waals surface area contributed by atoms with Gasteiger partial charge in [0.25, 0.3) is 0 Å². The van der Waals surface area contributed by atoms with Crippen molar-refractivity contribution in [1.29, 1.82) is 0 Å². The lowest BCUT2D eigenvalue weighted by molar-refractivity contribution is 1.01. The van der Waals surface area contributed by atoms with Crippen LogP contribution in [-0.4, -0.2) is 19.1 Å². The molecule has 0 atom stereocenters. The molecule has 0 aliphatic carbocycles. The van der Waals surface area contributed by atoms with Crippen LogP contribution in [0.2, 0.25) is 0 Å². The highest BCUT2D eigenvalue weighted by Crippen LogP contribution is 2.25. The average molecular weight is 233 g/mol. The first-order valence-electron chi connectivity index (χ1n) is 5.13. The molecule has 3 nitrogen and oxygen atoms in total. The molecule has 0 radical (unpaired) electrons. The average Bonchev–Trinajstić information content (AvgIpc) is 2.77. The van der Waals surface area contributed by atoms with E-state index in [2.05, 4.69) is 34.1 Å². The molecule has 0 fully saturated rings. The van der Waals surface area contributed by atoms with Gasteiger partial charge in [-0.25, -0.2) is 4.98 Å². The first-order chi connectivity index (χ1) is 7.70. The Kier molecular flexibility index (Phi) is 3.22. The van der Waals surface area contributed by atoms with Gasteiger partial charge in [-0.15, -0.1) is 11.3 Å². The smallest absolute Gasteiger partial charge is 0.123 e. The second kappa shape index (κ2) is 4.63. The summed E-state index contributed by atoms with van der Waals surface area (Å²) >= 11 is 1.64. The Morgan fingerprint density at radius 2 is 1.94 bits per heavy atom. The number of nitrogens with zero attached hydrogens (tertiary/aromatic N) is 2. The molecule has 0 saturated heterocycles. The fraction of sp³-hybridized carbons (Fsp3) is 0.250. The molecule has 16 heavy (non-hydrogen) atoms. The lowest BCUT2D eigenvalue weighted by Gasteiger charge is -2.11. The molecule has 84 valence electrons. The third-order valence-electron chi connectivity index (χ3n) is 2.39. The maximum absolute atomic E-state index is 5.54. The highest BCUT2D eigenvalue weighted by atomic mass is 32.1. The number of nitrogens with two attached hydrogens (primary N) is 1. The van der Waals surface area contributed by atoms with Gasteiger partial charge in [-0.05, 0) is 24.3 Å². The second-order valence-corrected chi connectivity index (χ2v) is 4.65. The fourth-order valence-electron chi connectivity index (χ4n) is 1.44. The molecule has 1 heterocycles. The van der Waals surface area contributed by atoms with E-state index in [1.54, 1.807) is 11.3 Å². The summed E-state index contributed by atoms with van der Waals surface area (Å²) in [6.45, 7) is 0.506. The van der Waals surface area contributed by atoms with Crippen LogP contribution in [0.4, 0.5) is 5.69 Å². The van der Waals surface area contributed by atoms with Crippen molar-refractivity contribution in [2.45, 2.75) is 6.54 Å². The summed E-state index contributed by atoms with van der Waals surface area (Å²) in [5, 5.41) is 3.04. The van der Waals surface area contributed by atoms with Crippen LogP contribution in [0.25, 0.3) is 10.6 Å². The second-order valence-electron chi connectivity index (χ2n) is 3.79. The van der Waals surface area contributed by atoms with E-state index in [0.29, 0.717) is 6.54 Å². The fourth-order valence-corrected chi connectivity index (χ4v) is 2.27. The molecule has 1 aromatic carbocycles. The molecule has 0 unspecified atom stereocenters. The normalized spacial score (nSPS) is 10.4. The van der Waals surface area contributed by atoms with Gasteiger partial charge >= 0.3 is 0 Å². The quantitative estimate of drug-likeness (QED) is 0.884. The van der Waals surface area contributed by atoms with Gasteiger partial charge < -0.3 is 10.6 Å². The zero-order valence-corrected chi connectivity index (χ0v) is 10.3. The van der Waals surface area contributed by atoms with Crippen molar-refractivity contribution in [3.63, 3.8) is 0 Å². The maximum atomic E-state index is 5.54. The number of hydrogen-bond donors (Lipinski definition) is 1. The Bertz CT molecular complexity index is 459. The van der Waals surface area contributed by atoms with E-state index in [-0.39, 0.29) is 0 Å². The van der Waals surface area contributed by atoms with Gasteiger partial charge in [-0.3, -0.25) is 0 Å². The van der Waals surface area contributed by atoms with Gasteiger partial charge in [0.15, 0.2) is 0 Å². The summed E-state index contributed by atoms with van der Waals surface area (Å²) in [5.41, 5.74) is 8.84. The van der Waals surface area contributed by atoms with Crippen LogP contribution in [0.5, 0.6) is 0 Å². The van der Waals surface area contributed by atoms with Crippen LogP contribution in [0.1, 0.15) is 5.69 Å². The van der Waals surface area contributed by atoms with E-state index >= 15 is 0 Å². The largest absolute Gasteiger partial charge is 0.378 e. The molecule has 2 rings (SSSR count). The van der Waals surface area contributed by atoms with E-state index < -0.39 is 0 Å². The van der Waals surface area contributed by atoms with Gasteiger partial charge in [0.2, 0.25) is 0 Å². The van der Waals surface area contributed by atoms with E-state index in [4.69, 9.17) is 5.73 Å². The Morgan fingerprint density at radius 3 is 2.44 bits per heavy atom. The summed E-state index contributed by atoms with van der Waals surface area (Å²) in [7, 11) is 4.07. The van der Waals surface area contributed by atoms with Crippen LogP contribution in [0.3, 0.4) is 0 Å². The van der Waals surface area contributed by atoms with Crippen LogP contribution in [0, 0.1) is 0 Å². The number of anilines is 1. The highest BCUT2D eigenvalue weighted by molar-refractivity contribution is 7.13. The predicted molar refractivity (Wildman–Crippen MR) is 69.8 cm³/mol. The van der Waals surface area contributed by atoms with Crippen LogP contribution in [-0.2, 0) is 6.54 Å². The SMILES string of the molecule is CN(C)c1ccc(-c2nc(CN)cs2)cc1. The summed E-state index contributed by atoms with van der Waals surface area (Å²) in [6, 6.07) is 8.38. The van der Waals surface area contributed by atoms with Crippen LogP contribution >= 0.6 is 11.3 Å².